The largest absolute Gasteiger partial charge is 0.503 e. The number of hydrogen-bond donors (Lipinski definition) is 4. The molecule has 2 aromatic rings. The molecule has 54 heavy (non-hydrogen) atoms. The van der Waals surface area contributed by atoms with Gasteiger partial charge in [-0.2, -0.15) is 0 Å². The fourth-order valence-electron chi connectivity index (χ4n) is 3.91. The molecule has 2 radical (unpaired) electrons. The number of anilines is 2. The number of aryl methyl sites for hydroxylation is 2. The van der Waals surface area contributed by atoms with Crippen LogP contribution < -0.4 is 11.5 Å². The second-order valence-corrected chi connectivity index (χ2v) is 14.1. The summed E-state index contributed by atoms with van der Waals surface area (Å²) in [6.45, 7) is 14.4. The molecule has 6 N–H and O–H groups in total. The van der Waals surface area contributed by atoms with Crippen LogP contribution in [0.25, 0.3) is 0 Å². The molecule has 0 fully saturated rings. The predicted molar refractivity (Wildman–Crippen MR) is 209 cm³/mol. The maximum atomic E-state index is 12.3. The van der Waals surface area contributed by atoms with E-state index < -0.39 is 6.16 Å². The molecular weight excluding hydrogens is 730 g/mol. The number of ether oxygens (including phenoxy) is 2. The second kappa shape index (κ2) is 27.0. The number of aromatic nitrogens is 4. The van der Waals surface area contributed by atoms with Crippen LogP contribution in [-0.4, -0.2) is 122 Å². The first-order valence-electron chi connectivity index (χ1n) is 16.0. The summed E-state index contributed by atoms with van der Waals surface area (Å²) in [5, 5.41) is 13.9. The first kappa shape index (κ1) is 52.4. The Bertz CT molecular complexity index is 1520. The SMILES string of the molecule is CC(=C(CCOC(=O)C(C)C)SSC(CCOC(=O)C(C)C)=C(C)N(C=O)Cc1cnc(C)nc1N)N(C=O)Cc1cnc(C)nc1N.O=C(O)O.[Li].[Li]. The van der Waals surface area contributed by atoms with Gasteiger partial charge in [-0.15, -0.1) is 0 Å². The van der Waals surface area contributed by atoms with Gasteiger partial charge >= 0.3 is 18.1 Å². The van der Waals surface area contributed by atoms with Crippen molar-refractivity contribution in [1.82, 2.24) is 29.7 Å². The average molecular weight is 779 g/mol. The van der Waals surface area contributed by atoms with Crippen molar-refractivity contribution in [2.75, 3.05) is 24.7 Å². The van der Waals surface area contributed by atoms with Crippen molar-refractivity contribution < 1.29 is 43.7 Å². The molecule has 0 aromatic carbocycles. The first-order chi connectivity index (χ1) is 24.4. The van der Waals surface area contributed by atoms with E-state index in [4.69, 9.17) is 35.9 Å². The number of nitrogens with zero attached hydrogens (tertiary/aromatic N) is 6. The number of amides is 2. The van der Waals surface area contributed by atoms with E-state index in [0.717, 1.165) is 9.81 Å². The van der Waals surface area contributed by atoms with Gasteiger partial charge in [-0.1, -0.05) is 49.3 Å². The summed E-state index contributed by atoms with van der Waals surface area (Å²) in [7, 11) is 2.69. The minimum Gasteiger partial charge on any atom is -0.465 e. The number of nitrogens with two attached hydrogens (primary N) is 2. The van der Waals surface area contributed by atoms with Crippen LogP contribution in [0.3, 0.4) is 0 Å². The van der Waals surface area contributed by atoms with E-state index in [-0.39, 0.29) is 99.4 Å². The molecule has 0 unspecified atom stereocenters. The van der Waals surface area contributed by atoms with Gasteiger partial charge in [0.2, 0.25) is 12.8 Å². The number of hydrogen-bond acceptors (Lipinski definition) is 15. The van der Waals surface area contributed by atoms with Gasteiger partial charge in [-0.25, -0.2) is 24.7 Å². The fraction of sp³-hybridized carbons (Fsp3) is 0.485. The van der Waals surface area contributed by atoms with Gasteiger partial charge in [0.05, 0.1) is 38.1 Å². The van der Waals surface area contributed by atoms with Gasteiger partial charge in [-0.3, -0.25) is 19.2 Å². The standard InChI is InChI=1S/C32H46N8O6S2.CH2O3.2Li/c1-19(2)31(43)45-11-9-27(21(5)39(17-41)15-25-13-35-23(7)37-29(25)33)47-48-28(10-12-46-32(44)20(3)4)22(6)40(18-42)16-26-14-36-24(8)38-30(26)34;2-1(3)4;;/h13-14,17-20H,9-12,15-16H2,1-8H3,(H2,33,35,37)(H2,34,36,38);(H2,2,3,4);;. The predicted octanol–water partition coefficient (Wildman–Crippen LogP) is 4.15. The Morgan fingerprint density at radius 1 is 0.741 bits per heavy atom. The summed E-state index contributed by atoms with van der Waals surface area (Å²) < 4.78 is 10.9. The molecule has 0 atom stereocenters. The van der Waals surface area contributed by atoms with Crippen molar-refractivity contribution in [3.63, 3.8) is 0 Å². The normalized spacial score (nSPS) is 11.4. The topological polar surface area (TPSA) is 254 Å². The number of rotatable bonds is 19. The molecule has 0 aliphatic rings. The van der Waals surface area contributed by atoms with Crippen molar-refractivity contribution in [2.45, 2.75) is 81.3 Å². The zero-order valence-electron chi connectivity index (χ0n) is 32.6. The van der Waals surface area contributed by atoms with E-state index in [0.29, 0.717) is 59.8 Å². The molecule has 0 aliphatic carbocycles. The maximum Gasteiger partial charge on any atom is 0.503 e. The Morgan fingerprint density at radius 3 is 1.31 bits per heavy atom. The Kier molecular flexibility index (Phi) is 26.2. The van der Waals surface area contributed by atoms with Crippen LogP contribution in [0.15, 0.2) is 33.6 Å². The summed E-state index contributed by atoms with van der Waals surface area (Å²) in [6, 6.07) is 0. The number of carbonyl (C=O) groups is 5. The third kappa shape index (κ3) is 19.0. The number of carboxylic acid groups (broad SMARTS) is 2. The van der Waals surface area contributed by atoms with Crippen molar-refractivity contribution in [2.24, 2.45) is 11.8 Å². The molecule has 0 saturated carbocycles. The summed E-state index contributed by atoms with van der Waals surface area (Å²) in [5.41, 5.74) is 14.6. The van der Waals surface area contributed by atoms with E-state index in [2.05, 4.69) is 19.9 Å². The molecule has 0 spiro atoms. The summed E-state index contributed by atoms with van der Waals surface area (Å²) >= 11 is 0. The van der Waals surface area contributed by atoms with Crippen LogP contribution in [0.1, 0.15) is 77.2 Å². The molecule has 288 valence electrons. The van der Waals surface area contributed by atoms with E-state index in [1.54, 1.807) is 67.8 Å². The van der Waals surface area contributed by atoms with Crippen LogP contribution in [0.4, 0.5) is 16.4 Å². The van der Waals surface area contributed by atoms with E-state index in [1.165, 1.54) is 31.4 Å². The number of carbonyl (C=O) groups excluding carboxylic acids is 4. The first-order valence-corrected chi connectivity index (χ1v) is 18.2. The number of allylic oxidation sites excluding steroid dienone is 2. The van der Waals surface area contributed by atoms with Gasteiger partial charge in [0.15, 0.2) is 0 Å². The van der Waals surface area contributed by atoms with Crippen molar-refractivity contribution >= 4 is 102 Å². The van der Waals surface area contributed by atoms with Gasteiger partial charge < -0.3 is 41.0 Å². The van der Waals surface area contributed by atoms with Crippen molar-refractivity contribution in [3.05, 3.63) is 56.4 Å². The van der Waals surface area contributed by atoms with E-state index in [9.17, 15) is 19.2 Å². The Balaban J connectivity index is 0. The molecule has 17 nitrogen and oxygen atoms in total. The zero-order chi connectivity index (χ0) is 39.5. The van der Waals surface area contributed by atoms with Crippen LogP contribution >= 0.6 is 21.6 Å². The van der Waals surface area contributed by atoms with Crippen LogP contribution in [0.2, 0.25) is 0 Å². The Hall–Kier alpha value is -3.72. The molecule has 0 aliphatic heterocycles. The van der Waals surface area contributed by atoms with Gasteiger partial charge in [0, 0.05) is 95.3 Å². The quantitative estimate of drug-likeness (QED) is 0.0676. The van der Waals surface area contributed by atoms with Crippen LogP contribution in [-0.2, 0) is 41.7 Å². The monoisotopic (exact) mass is 778 g/mol. The average Bonchev–Trinajstić information content (AvgIpc) is 3.07. The van der Waals surface area contributed by atoms with Crippen LogP contribution in [0, 0.1) is 25.7 Å². The van der Waals surface area contributed by atoms with E-state index >= 15 is 0 Å². The van der Waals surface area contributed by atoms with E-state index in [1.807, 2.05) is 0 Å². The smallest absolute Gasteiger partial charge is 0.465 e. The second-order valence-electron chi connectivity index (χ2n) is 11.7. The Labute approximate surface area is 347 Å². The molecular formula is C33H48Li2N8O9S2. The molecule has 2 heterocycles. The van der Waals surface area contributed by atoms with Crippen molar-refractivity contribution in [1.29, 1.82) is 0 Å². The third-order valence-corrected chi connectivity index (χ3v) is 9.92. The Morgan fingerprint density at radius 2 is 1.06 bits per heavy atom. The van der Waals surface area contributed by atoms with Gasteiger partial charge in [-0.05, 0) is 27.7 Å². The molecule has 0 bridgehead atoms. The van der Waals surface area contributed by atoms with Gasteiger partial charge in [0.1, 0.15) is 23.3 Å². The molecule has 2 amide bonds. The van der Waals surface area contributed by atoms with Gasteiger partial charge in [0.25, 0.3) is 0 Å². The molecule has 0 saturated heterocycles. The summed E-state index contributed by atoms with van der Waals surface area (Å²) in [6.07, 6.45) is 3.31. The fourth-order valence-corrected chi connectivity index (χ4v) is 6.75. The molecule has 2 aromatic heterocycles. The van der Waals surface area contributed by atoms with Crippen LogP contribution in [0.5, 0.6) is 0 Å². The maximum absolute atomic E-state index is 12.3. The number of esters is 2. The zero-order valence-corrected chi connectivity index (χ0v) is 34.2. The third-order valence-electron chi connectivity index (χ3n) is 6.97. The summed E-state index contributed by atoms with van der Waals surface area (Å²) in [4.78, 5) is 78.9. The molecule has 2 rings (SSSR count). The minimum atomic E-state index is -1.83. The number of nitrogen functional groups attached to an aromatic ring is 2. The molecule has 21 heteroatoms. The van der Waals surface area contributed by atoms with Crippen molar-refractivity contribution in [3.8, 4) is 0 Å². The summed E-state index contributed by atoms with van der Waals surface area (Å²) in [5.74, 6) is 0.266. The minimum absolute atomic E-state index is 0.